The zero-order valence-electron chi connectivity index (χ0n) is 8.44. The van der Waals surface area contributed by atoms with Crippen molar-refractivity contribution >= 4 is 34.8 Å². The van der Waals surface area contributed by atoms with Gasteiger partial charge in [-0.1, -0.05) is 11.6 Å². The van der Waals surface area contributed by atoms with Gasteiger partial charge < -0.3 is 10.6 Å². The summed E-state index contributed by atoms with van der Waals surface area (Å²) in [7, 11) is 0. The van der Waals surface area contributed by atoms with Crippen LogP contribution in [0, 0.1) is 0 Å². The first-order chi connectivity index (χ1) is 8.24. The fraction of sp³-hybridized carbons (Fsp3) is 0. The molecule has 0 atom stereocenters. The number of amides is 1. The Labute approximate surface area is 101 Å². The fourth-order valence-electron chi connectivity index (χ4n) is 1.54. The van der Waals surface area contributed by atoms with E-state index in [1.54, 1.807) is 18.3 Å². The molecule has 0 aromatic carbocycles. The number of carbonyl (C=O) groups is 1. The molecule has 2 aromatic rings. The molecule has 7 heteroatoms. The van der Waals surface area contributed by atoms with Crippen molar-refractivity contribution in [3.05, 3.63) is 35.1 Å². The lowest BCUT2D eigenvalue weighted by molar-refractivity contribution is 0.102. The molecule has 3 heterocycles. The Kier molecular flexibility index (Phi) is 2.15. The van der Waals surface area contributed by atoms with Crippen molar-refractivity contribution in [3.8, 4) is 0 Å². The molecule has 2 N–H and O–H groups in total. The Bertz CT molecular complexity index is 615. The van der Waals surface area contributed by atoms with Crippen molar-refractivity contribution in [2.45, 2.75) is 0 Å². The van der Waals surface area contributed by atoms with Gasteiger partial charge in [0.15, 0.2) is 16.8 Å². The van der Waals surface area contributed by atoms with Crippen LogP contribution in [0.15, 0.2) is 24.4 Å². The molecule has 0 saturated heterocycles. The molecule has 17 heavy (non-hydrogen) atoms. The van der Waals surface area contributed by atoms with Crippen LogP contribution in [0.1, 0.15) is 10.4 Å². The third-order valence-electron chi connectivity index (χ3n) is 2.30. The highest BCUT2D eigenvalue weighted by molar-refractivity contribution is 6.30. The molecule has 0 saturated carbocycles. The van der Waals surface area contributed by atoms with Crippen LogP contribution in [0.5, 0.6) is 0 Å². The Hall–Kier alpha value is -2.21. The van der Waals surface area contributed by atoms with Crippen molar-refractivity contribution in [1.82, 2.24) is 15.2 Å². The van der Waals surface area contributed by atoms with Gasteiger partial charge in [0.05, 0.1) is 11.3 Å². The van der Waals surface area contributed by atoms with E-state index in [1.165, 1.54) is 6.07 Å². The molecule has 0 aliphatic carbocycles. The lowest BCUT2D eigenvalue weighted by atomic mass is 10.2. The van der Waals surface area contributed by atoms with E-state index >= 15 is 0 Å². The minimum Gasteiger partial charge on any atom is -0.321 e. The van der Waals surface area contributed by atoms with E-state index in [0.717, 1.165) is 0 Å². The highest BCUT2D eigenvalue weighted by Crippen LogP contribution is 2.28. The van der Waals surface area contributed by atoms with Crippen LogP contribution in [0.3, 0.4) is 0 Å². The minimum atomic E-state index is -0.295. The maximum atomic E-state index is 11.9. The third kappa shape index (κ3) is 1.68. The van der Waals surface area contributed by atoms with Gasteiger partial charge in [0, 0.05) is 6.20 Å². The number of carbonyl (C=O) groups excluding carboxylic acids is 1. The number of fused-ring (bicyclic) bond motifs is 2. The van der Waals surface area contributed by atoms with Crippen LogP contribution in [0.4, 0.5) is 17.3 Å². The van der Waals surface area contributed by atoms with Crippen LogP contribution < -0.4 is 10.6 Å². The minimum absolute atomic E-state index is 0.166. The van der Waals surface area contributed by atoms with E-state index in [2.05, 4.69) is 25.8 Å². The predicted octanol–water partition coefficient (Wildman–Crippen LogP) is 1.83. The van der Waals surface area contributed by atoms with Crippen molar-refractivity contribution in [1.29, 1.82) is 0 Å². The molecule has 0 spiro atoms. The van der Waals surface area contributed by atoms with E-state index in [9.17, 15) is 4.79 Å². The van der Waals surface area contributed by atoms with Crippen LogP contribution in [0.2, 0.25) is 5.15 Å². The fourth-order valence-corrected chi connectivity index (χ4v) is 1.69. The Morgan fingerprint density at radius 1 is 1.18 bits per heavy atom. The van der Waals surface area contributed by atoms with Crippen molar-refractivity contribution in [2.24, 2.45) is 0 Å². The molecule has 1 aliphatic heterocycles. The van der Waals surface area contributed by atoms with Gasteiger partial charge in [-0.15, -0.1) is 10.2 Å². The van der Waals surface area contributed by atoms with Gasteiger partial charge in [0.25, 0.3) is 5.91 Å². The van der Waals surface area contributed by atoms with Gasteiger partial charge in [0.2, 0.25) is 0 Å². The first-order valence-electron chi connectivity index (χ1n) is 4.80. The molecule has 84 valence electrons. The topological polar surface area (TPSA) is 79.8 Å². The van der Waals surface area contributed by atoms with E-state index in [-0.39, 0.29) is 11.1 Å². The van der Waals surface area contributed by atoms with Crippen molar-refractivity contribution in [2.75, 3.05) is 10.6 Å². The van der Waals surface area contributed by atoms with E-state index < -0.39 is 0 Å². The van der Waals surface area contributed by atoms with Gasteiger partial charge >= 0.3 is 0 Å². The van der Waals surface area contributed by atoms with Gasteiger partial charge in [-0.3, -0.25) is 4.79 Å². The first kappa shape index (κ1) is 9.98. The average molecular weight is 248 g/mol. The summed E-state index contributed by atoms with van der Waals surface area (Å²) in [4.78, 5) is 16.0. The SMILES string of the molecule is O=C1Nc2cccnc2Nc2nnc(Cl)cc21. The monoisotopic (exact) mass is 247 g/mol. The lowest BCUT2D eigenvalue weighted by Crippen LogP contribution is -2.11. The lowest BCUT2D eigenvalue weighted by Gasteiger charge is -2.04. The number of anilines is 3. The van der Waals surface area contributed by atoms with Crippen LogP contribution in [0.25, 0.3) is 0 Å². The quantitative estimate of drug-likeness (QED) is 0.742. The highest BCUT2D eigenvalue weighted by atomic mass is 35.5. The molecular formula is C10H6ClN5O. The van der Waals surface area contributed by atoms with Crippen molar-refractivity contribution in [3.63, 3.8) is 0 Å². The second kappa shape index (κ2) is 3.67. The summed E-state index contributed by atoms with van der Waals surface area (Å²) in [6, 6.07) is 4.93. The third-order valence-corrected chi connectivity index (χ3v) is 2.49. The van der Waals surface area contributed by atoms with Gasteiger partial charge in [-0.25, -0.2) is 4.98 Å². The largest absolute Gasteiger partial charge is 0.321 e. The van der Waals surface area contributed by atoms with Gasteiger partial charge in [0.1, 0.15) is 0 Å². The number of halogens is 1. The number of pyridine rings is 1. The average Bonchev–Trinajstić information content (AvgIpc) is 2.46. The van der Waals surface area contributed by atoms with Crippen LogP contribution in [-0.2, 0) is 0 Å². The van der Waals surface area contributed by atoms with E-state index in [1.807, 2.05) is 0 Å². The molecule has 1 aliphatic rings. The zero-order valence-corrected chi connectivity index (χ0v) is 9.19. The van der Waals surface area contributed by atoms with Crippen LogP contribution in [-0.4, -0.2) is 21.1 Å². The molecular weight excluding hydrogens is 242 g/mol. The first-order valence-corrected chi connectivity index (χ1v) is 5.18. The predicted molar refractivity (Wildman–Crippen MR) is 62.5 cm³/mol. The molecule has 0 bridgehead atoms. The summed E-state index contributed by atoms with van der Waals surface area (Å²) in [6.45, 7) is 0. The van der Waals surface area contributed by atoms with E-state index in [4.69, 9.17) is 11.6 Å². The van der Waals surface area contributed by atoms with Gasteiger partial charge in [-0.2, -0.15) is 0 Å². The summed E-state index contributed by atoms with van der Waals surface area (Å²) < 4.78 is 0. The number of nitrogens with one attached hydrogen (secondary N) is 2. The normalized spacial score (nSPS) is 12.9. The molecule has 6 nitrogen and oxygen atoms in total. The number of hydrogen-bond acceptors (Lipinski definition) is 5. The highest BCUT2D eigenvalue weighted by Gasteiger charge is 2.21. The number of aromatic nitrogens is 3. The molecule has 1 amide bonds. The second-order valence-corrected chi connectivity index (χ2v) is 3.80. The molecule has 2 aromatic heterocycles. The summed E-state index contributed by atoms with van der Waals surface area (Å²) in [5.74, 6) is 0.566. The Morgan fingerprint density at radius 2 is 2.06 bits per heavy atom. The maximum absolute atomic E-state index is 11.9. The number of rotatable bonds is 0. The summed E-state index contributed by atoms with van der Waals surface area (Å²) >= 11 is 5.71. The Balaban J connectivity index is 2.17. The van der Waals surface area contributed by atoms with E-state index in [0.29, 0.717) is 22.9 Å². The standard InChI is InChI=1S/C10H6ClN5O/c11-7-4-5-8(16-15-7)14-9-6(13-10(5)17)2-1-3-12-9/h1-4H,(H,13,17)(H,12,14,16). The molecule has 0 radical (unpaired) electrons. The summed E-state index contributed by atoms with van der Waals surface area (Å²) in [6.07, 6.45) is 1.62. The molecule has 3 rings (SSSR count). The second-order valence-electron chi connectivity index (χ2n) is 3.41. The molecule has 0 fully saturated rings. The molecule has 0 unspecified atom stereocenters. The van der Waals surface area contributed by atoms with Crippen LogP contribution >= 0.6 is 11.6 Å². The number of nitrogens with zero attached hydrogens (tertiary/aromatic N) is 3. The Morgan fingerprint density at radius 3 is 2.94 bits per heavy atom. The summed E-state index contributed by atoms with van der Waals surface area (Å²) in [5.41, 5.74) is 0.926. The van der Waals surface area contributed by atoms with Gasteiger partial charge in [-0.05, 0) is 18.2 Å². The zero-order chi connectivity index (χ0) is 11.8. The van der Waals surface area contributed by atoms with Crippen molar-refractivity contribution < 1.29 is 4.79 Å². The maximum Gasteiger partial charge on any atom is 0.259 e. The number of hydrogen-bond donors (Lipinski definition) is 2. The summed E-state index contributed by atoms with van der Waals surface area (Å²) in [5, 5.41) is 13.3. The smallest absolute Gasteiger partial charge is 0.259 e.